The highest BCUT2D eigenvalue weighted by molar-refractivity contribution is 6.34. The van der Waals surface area contributed by atoms with E-state index in [4.69, 9.17) is 16.7 Å². The molecule has 0 radical (unpaired) electrons. The first kappa shape index (κ1) is 14.7. The van der Waals surface area contributed by atoms with Crippen molar-refractivity contribution in [2.24, 2.45) is 0 Å². The number of piperidine rings is 1. The van der Waals surface area contributed by atoms with Gasteiger partial charge in [0.1, 0.15) is 6.17 Å². The average Bonchev–Trinajstić information content (AvgIpc) is 2.50. The summed E-state index contributed by atoms with van der Waals surface area (Å²) in [5.74, 6) is 0.436. The fourth-order valence-corrected chi connectivity index (χ4v) is 2.75. The Balaban J connectivity index is 1.87. The first-order valence-electron chi connectivity index (χ1n) is 6.69. The summed E-state index contributed by atoms with van der Waals surface area (Å²) < 4.78 is 13.7. The zero-order valence-electron chi connectivity index (χ0n) is 11.4. The number of halogens is 2. The number of nitrogens with one attached hydrogen (secondary N) is 1. The zero-order chi connectivity index (χ0) is 15.7. The van der Waals surface area contributed by atoms with E-state index in [9.17, 15) is 9.18 Å². The topological polar surface area (TPSA) is 91.2 Å². The third-order valence-electron chi connectivity index (χ3n) is 3.55. The molecule has 0 saturated carbocycles. The molecule has 7 nitrogen and oxygen atoms in total. The molecular weight excluding hydrogens is 313 g/mol. The van der Waals surface area contributed by atoms with Crippen molar-refractivity contribution in [3.8, 4) is 0 Å². The lowest BCUT2D eigenvalue weighted by Crippen LogP contribution is -2.49. The molecule has 0 unspecified atom stereocenters. The summed E-state index contributed by atoms with van der Waals surface area (Å²) in [5, 5.41) is 21.5. The maximum Gasteiger partial charge on any atom is 0.407 e. The Morgan fingerprint density at radius 2 is 2.23 bits per heavy atom. The molecule has 0 spiro atoms. The predicted molar refractivity (Wildman–Crippen MR) is 78.9 cm³/mol. The van der Waals surface area contributed by atoms with Crippen LogP contribution in [0, 0.1) is 0 Å². The number of alkyl halides is 1. The molecule has 1 amide bonds. The van der Waals surface area contributed by atoms with Gasteiger partial charge in [0.25, 0.3) is 0 Å². The van der Waals surface area contributed by atoms with E-state index in [1.165, 1.54) is 0 Å². The molecule has 22 heavy (non-hydrogen) atoms. The van der Waals surface area contributed by atoms with Crippen molar-refractivity contribution in [1.29, 1.82) is 0 Å². The maximum absolute atomic E-state index is 13.7. The molecule has 2 atom stereocenters. The Bertz CT molecular complexity index is 716. The Kier molecular flexibility index (Phi) is 3.93. The fourth-order valence-electron chi connectivity index (χ4n) is 2.57. The SMILES string of the molecule is O=C(O)N1C[C@H](F)C[C@@H](Nc2nnc(Cl)c3cnccc23)C1. The molecular formula is C13H13ClFN5O2. The van der Waals surface area contributed by atoms with Gasteiger partial charge < -0.3 is 15.3 Å². The summed E-state index contributed by atoms with van der Waals surface area (Å²) in [7, 11) is 0. The largest absolute Gasteiger partial charge is 0.465 e. The number of carboxylic acid groups (broad SMARTS) is 1. The number of pyridine rings is 1. The van der Waals surface area contributed by atoms with Crippen LogP contribution in [0.15, 0.2) is 18.5 Å². The molecule has 2 N–H and O–H groups in total. The molecule has 1 aliphatic heterocycles. The molecule has 2 aromatic rings. The summed E-state index contributed by atoms with van der Waals surface area (Å²) in [6.45, 7) is 0.0805. The van der Waals surface area contributed by atoms with Crippen LogP contribution in [0.5, 0.6) is 0 Å². The molecule has 1 aliphatic rings. The third kappa shape index (κ3) is 2.87. The van der Waals surface area contributed by atoms with E-state index < -0.39 is 12.3 Å². The summed E-state index contributed by atoms with van der Waals surface area (Å²) >= 11 is 5.97. The number of carbonyl (C=O) groups is 1. The first-order valence-corrected chi connectivity index (χ1v) is 7.06. The number of hydrogen-bond donors (Lipinski definition) is 2. The molecule has 2 aromatic heterocycles. The summed E-state index contributed by atoms with van der Waals surface area (Å²) in [6, 6.07) is 1.34. The lowest BCUT2D eigenvalue weighted by molar-refractivity contribution is 0.102. The number of aromatic nitrogens is 3. The van der Waals surface area contributed by atoms with Gasteiger partial charge in [-0.05, 0) is 6.07 Å². The van der Waals surface area contributed by atoms with Crippen molar-refractivity contribution in [2.75, 3.05) is 18.4 Å². The summed E-state index contributed by atoms with van der Waals surface area (Å²) in [4.78, 5) is 16.1. The smallest absolute Gasteiger partial charge is 0.407 e. The highest BCUT2D eigenvalue weighted by Crippen LogP contribution is 2.26. The van der Waals surface area contributed by atoms with Crippen LogP contribution in [-0.4, -0.2) is 56.6 Å². The number of amides is 1. The monoisotopic (exact) mass is 325 g/mol. The van der Waals surface area contributed by atoms with Crippen molar-refractivity contribution in [3.05, 3.63) is 23.6 Å². The fraction of sp³-hybridized carbons (Fsp3) is 0.385. The standard InChI is InChI=1S/C13H13ClFN5O2/c14-11-10-4-16-2-1-9(10)12(19-18-11)17-8-3-7(15)5-20(6-8)13(21)22/h1-2,4,7-8H,3,5-6H2,(H,17,19)(H,21,22)/t7-,8-/m1/s1. The van der Waals surface area contributed by atoms with Crippen LogP contribution in [-0.2, 0) is 0 Å². The van der Waals surface area contributed by atoms with E-state index in [2.05, 4.69) is 20.5 Å². The summed E-state index contributed by atoms with van der Waals surface area (Å²) in [5.41, 5.74) is 0. The maximum atomic E-state index is 13.7. The highest BCUT2D eigenvalue weighted by Gasteiger charge is 2.30. The Morgan fingerprint density at radius 3 is 3.00 bits per heavy atom. The minimum absolute atomic E-state index is 0.107. The molecule has 3 rings (SSSR count). The Labute approximate surface area is 130 Å². The Morgan fingerprint density at radius 1 is 1.41 bits per heavy atom. The molecule has 1 saturated heterocycles. The minimum atomic E-state index is -1.21. The number of nitrogens with zero attached hydrogens (tertiary/aromatic N) is 4. The van der Waals surface area contributed by atoms with Gasteiger partial charge in [-0.1, -0.05) is 11.6 Å². The second kappa shape index (κ2) is 5.88. The number of anilines is 1. The van der Waals surface area contributed by atoms with Crippen molar-refractivity contribution in [3.63, 3.8) is 0 Å². The minimum Gasteiger partial charge on any atom is -0.465 e. The van der Waals surface area contributed by atoms with Crippen LogP contribution < -0.4 is 5.32 Å². The van der Waals surface area contributed by atoms with Crippen molar-refractivity contribution < 1.29 is 14.3 Å². The average molecular weight is 326 g/mol. The van der Waals surface area contributed by atoms with Gasteiger partial charge in [0.15, 0.2) is 11.0 Å². The van der Waals surface area contributed by atoms with Crippen molar-refractivity contribution in [1.82, 2.24) is 20.1 Å². The van der Waals surface area contributed by atoms with E-state index in [-0.39, 0.29) is 30.7 Å². The lowest BCUT2D eigenvalue weighted by Gasteiger charge is -2.33. The van der Waals surface area contributed by atoms with Gasteiger partial charge in [-0.25, -0.2) is 9.18 Å². The third-order valence-corrected chi connectivity index (χ3v) is 3.83. The van der Waals surface area contributed by atoms with Crippen LogP contribution in [0.2, 0.25) is 5.15 Å². The number of rotatable bonds is 2. The second-order valence-electron chi connectivity index (χ2n) is 5.12. The number of likely N-dealkylation sites (tertiary alicyclic amines) is 1. The lowest BCUT2D eigenvalue weighted by atomic mass is 10.0. The normalized spacial score (nSPS) is 21.8. The van der Waals surface area contributed by atoms with Crippen LogP contribution in [0.3, 0.4) is 0 Å². The van der Waals surface area contributed by atoms with E-state index in [1.807, 2.05) is 0 Å². The first-order chi connectivity index (χ1) is 10.5. The van der Waals surface area contributed by atoms with E-state index >= 15 is 0 Å². The van der Waals surface area contributed by atoms with E-state index in [0.717, 1.165) is 4.90 Å². The predicted octanol–water partition coefficient (Wildman–Crippen LogP) is 2.18. The molecule has 0 bridgehead atoms. The van der Waals surface area contributed by atoms with Gasteiger partial charge in [-0.2, -0.15) is 0 Å². The second-order valence-corrected chi connectivity index (χ2v) is 5.48. The van der Waals surface area contributed by atoms with Crippen molar-refractivity contribution >= 4 is 34.3 Å². The van der Waals surface area contributed by atoms with E-state index in [0.29, 0.717) is 16.6 Å². The molecule has 116 valence electrons. The van der Waals surface area contributed by atoms with Gasteiger partial charge in [0, 0.05) is 42.2 Å². The molecule has 1 fully saturated rings. The van der Waals surface area contributed by atoms with E-state index in [1.54, 1.807) is 18.5 Å². The molecule has 9 heteroatoms. The van der Waals surface area contributed by atoms with Crippen LogP contribution in [0.1, 0.15) is 6.42 Å². The highest BCUT2D eigenvalue weighted by atomic mass is 35.5. The van der Waals surface area contributed by atoms with Gasteiger partial charge >= 0.3 is 6.09 Å². The van der Waals surface area contributed by atoms with Gasteiger partial charge in [0.2, 0.25) is 0 Å². The van der Waals surface area contributed by atoms with Crippen LogP contribution in [0.25, 0.3) is 10.8 Å². The quantitative estimate of drug-likeness (QED) is 0.879. The number of hydrogen-bond acceptors (Lipinski definition) is 5. The van der Waals surface area contributed by atoms with Gasteiger partial charge in [-0.15, -0.1) is 10.2 Å². The molecule has 0 aliphatic carbocycles. The van der Waals surface area contributed by atoms with Gasteiger partial charge in [-0.3, -0.25) is 4.98 Å². The molecule has 0 aromatic carbocycles. The molecule has 3 heterocycles. The summed E-state index contributed by atoms with van der Waals surface area (Å²) in [6.07, 6.45) is 1.02. The Hall–Kier alpha value is -2.22. The number of fused-ring (bicyclic) bond motifs is 1. The van der Waals surface area contributed by atoms with Crippen molar-refractivity contribution in [2.45, 2.75) is 18.6 Å². The zero-order valence-corrected chi connectivity index (χ0v) is 12.2. The van der Waals surface area contributed by atoms with Gasteiger partial charge in [0.05, 0.1) is 6.54 Å². The van der Waals surface area contributed by atoms with Crippen LogP contribution in [0.4, 0.5) is 15.0 Å². The van der Waals surface area contributed by atoms with Crippen LogP contribution >= 0.6 is 11.6 Å².